The third kappa shape index (κ3) is 3.00. The number of amidine groups is 1. The summed E-state index contributed by atoms with van der Waals surface area (Å²) in [6.45, 7) is 6.07. The lowest BCUT2D eigenvalue weighted by atomic mass is 10.2. The molecule has 0 saturated carbocycles. The van der Waals surface area contributed by atoms with E-state index in [1.807, 2.05) is 6.07 Å². The smallest absolute Gasteiger partial charge is 0.161 e. The Labute approximate surface area is 106 Å². The first-order valence-electron chi connectivity index (χ1n) is 5.83. The first-order chi connectivity index (χ1) is 8.06. The molecule has 0 fully saturated rings. The zero-order chi connectivity index (χ0) is 12.4. The Morgan fingerprint density at radius 3 is 2.88 bits per heavy atom. The number of halogens is 1. The minimum absolute atomic E-state index is 0.183. The molecule has 0 amide bonds. The highest BCUT2D eigenvalue weighted by atomic mass is 32.2. The number of nitrogens with zero attached hydrogens (tertiary/aromatic N) is 1. The van der Waals surface area contributed by atoms with Crippen molar-refractivity contribution in [2.24, 2.45) is 4.99 Å². The summed E-state index contributed by atoms with van der Waals surface area (Å²) < 4.78 is 13.4. The van der Waals surface area contributed by atoms with Gasteiger partial charge in [0.25, 0.3) is 0 Å². The Hall–Kier alpha value is -1.03. The molecule has 1 heterocycles. The van der Waals surface area contributed by atoms with E-state index in [0.717, 1.165) is 17.3 Å². The molecule has 2 nitrogen and oxygen atoms in total. The molecule has 92 valence electrons. The Morgan fingerprint density at radius 2 is 2.18 bits per heavy atom. The van der Waals surface area contributed by atoms with Crippen molar-refractivity contribution in [1.82, 2.24) is 0 Å². The largest absolute Gasteiger partial charge is 0.335 e. The van der Waals surface area contributed by atoms with Crippen molar-refractivity contribution < 1.29 is 4.39 Å². The third-order valence-electron chi connectivity index (χ3n) is 2.83. The van der Waals surface area contributed by atoms with Crippen LogP contribution in [-0.2, 0) is 0 Å². The van der Waals surface area contributed by atoms with Crippen LogP contribution in [0.1, 0.15) is 25.8 Å². The van der Waals surface area contributed by atoms with Crippen molar-refractivity contribution in [3.05, 3.63) is 29.6 Å². The van der Waals surface area contributed by atoms with Crippen molar-refractivity contribution >= 4 is 22.6 Å². The normalized spacial score (nSPS) is 24.4. The molecule has 1 aromatic rings. The van der Waals surface area contributed by atoms with Crippen LogP contribution in [0.4, 0.5) is 10.1 Å². The van der Waals surface area contributed by atoms with Gasteiger partial charge in [0, 0.05) is 16.5 Å². The minimum atomic E-state index is -0.183. The number of benzene rings is 1. The molecule has 0 bridgehead atoms. The summed E-state index contributed by atoms with van der Waals surface area (Å²) in [7, 11) is 0. The van der Waals surface area contributed by atoms with Gasteiger partial charge in [-0.2, -0.15) is 0 Å². The number of hydrogen-bond acceptors (Lipinski definition) is 3. The van der Waals surface area contributed by atoms with Crippen molar-refractivity contribution in [3.8, 4) is 0 Å². The van der Waals surface area contributed by atoms with Gasteiger partial charge in [-0.1, -0.05) is 24.8 Å². The van der Waals surface area contributed by atoms with Crippen LogP contribution in [0.5, 0.6) is 0 Å². The number of thioether (sulfide) groups is 1. The Balaban J connectivity index is 2.18. The van der Waals surface area contributed by atoms with E-state index in [1.54, 1.807) is 24.8 Å². The quantitative estimate of drug-likeness (QED) is 0.821. The average Bonchev–Trinajstić information content (AvgIpc) is 2.23. The van der Waals surface area contributed by atoms with Gasteiger partial charge in [0.05, 0.1) is 6.04 Å². The van der Waals surface area contributed by atoms with Crippen molar-refractivity contribution in [1.29, 1.82) is 0 Å². The summed E-state index contributed by atoms with van der Waals surface area (Å²) in [5.74, 6) is -0.183. The average molecular weight is 252 g/mol. The van der Waals surface area contributed by atoms with E-state index < -0.39 is 0 Å². The zero-order valence-electron chi connectivity index (χ0n) is 10.3. The van der Waals surface area contributed by atoms with Crippen LogP contribution >= 0.6 is 11.8 Å². The molecule has 17 heavy (non-hydrogen) atoms. The number of anilines is 1. The van der Waals surface area contributed by atoms with Crippen LogP contribution in [0, 0.1) is 12.7 Å². The molecule has 1 N–H and O–H groups in total. The lowest BCUT2D eigenvalue weighted by Crippen LogP contribution is -2.23. The summed E-state index contributed by atoms with van der Waals surface area (Å²) in [6, 6.07) is 5.40. The standard InChI is InChI=1S/C13H17FN2S/c1-8-7-9(2)17-13(15-8)16-12-6-4-5-11(14)10(12)3/h4-6,8-9H,7H2,1-3H3,(H,15,16). The van der Waals surface area contributed by atoms with Crippen LogP contribution in [0.2, 0.25) is 0 Å². The first kappa shape index (κ1) is 12.4. The molecular weight excluding hydrogens is 235 g/mol. The van der Waals surface area contributed by atoms with E-state index in [4.69, 9.17) is 0 Å². The maximum Gasteiger partial charge on any atom is 0.161 e. The summed E-state index contributed by atoms with van der Waals surface area (Å²) in [5.41, 5.74) is 1.44. The highest BCUT2D eigenvalue weighted by molar-refractivity contribution is 8.14. The van der Waals surface area contributed by atoms with Crippen molar-refractivity contribution in [3.63, 3.8) is 0 Å². The second-order valence-electron chi connectivity index (χ2n) is 4.48. The fourth-order valence-electron chi connectivity index (χ4n) is 1.92. The van der Waals surface area contributed by atoms with E-state index in [9.17, 15) is 4.39 Å². The van der Waals surface area contributed by atoms with Gasteiger partial charge >= 0.3 is 0 Å². The van der Waals surface area contributed by atoms with Crippen molar-refractivity contribution in [2.75, 3.05) is 5.32 Å². The molecule has 2 rings (SSSR count). The second-order valence-corrected chi connectivity index (χ2v) is 5.91. The molecule has 1 aromatic carbocycles. The maximum absolute atomic E-state index is 13.4. The van der Waals surface area contributed by atoms with Crippen LogP contribution in [0.3, 0.4) is 0 Å². The van der Waals surface area contributed by atoms with Gasteiger partial charge < -0.3 is 5.32 Å². The predicted octanol–water partition coefficient (Wildman–Crippen LogP) is 3.82. The first-order valence-corrected chi connectivity index (χ1v) is 6.71. The molecule has 0 aromatic heterocycles. The van der Waals surface area contributed by atoms with E-state index in [-0.39, 0.29) is 5.82 Å². The molecule has 0 aliphatic carbocycles. The van der Waals surface area contributed by atoms with Gasteiger partial charge in [-0.05, 0) is 32.4 Å². The van der Waals surface area contributed by atoms with Crippen LogP contribution < -0.4 is 5.32 Å². The van der Waals surface area contributed by atoms with E-state index in [2.05, 4.69) is 24.2 Å². The summed E-state index contributed by atoms with van der Waals surface area (Å²) in [5, 5.41) is 4.67. The maximum atomic E-state index is 13.4. The number of aliphatic imine (C=N–C) groups is 1. The highest BCUT2D eigenvalue weighted by Crippen LogP contribution is 2.27. The molecule has 2 unspecified atom stereocenters. The Kier molecular flexibility index (Phi) is 3.72. The topological polar surface area (TPSA) is 24.4 Å². The van der Waals surface area contributed by atoms with Gasteiger partial charge in [-0.25, -0.2) is 4.39 Å². The SMILES string of the molecule is Cc1c(F)cccc1NC1=NC(C)CC(C)S1. The van der Waals surface area contributed by atoms with Gasteiger partial charge in [0.1, 0.15) is 5.82 Å². The van der Waals surface area contributed by atoms with Gasteiger partial charge in [-0.15, -0.1) is 0 Å². The molecule has 4 heteroatoms. The van der Waals surface area contributed by atoms with Crippen LogP contribution in [0.25, 0.3) is 0 Å². The molecule has 0 radical (unpaired) electrons. The number of rotatable bonds is 1. The minimum Gasteiger partial charge on any atom is -0.335 e. The Morgan fingerprint density at radius 1 is 1.41 bits per heavy atom. The summed E-state index contributed by atoms with van der Waals surface area (Å²) in [6.07, 6.45) is 1.10. The van der Waals surface area contributed by atoms with Crippen LogP contribution in [-0.4, -0.2) is 16.5 Å². The fourth-order valence-corrected chi connectivity index (χ4v) is 3.09. The van der Waals surface area contributed by atoms with Crippen molar-refractivity contribution in [2.45, 2.75) is 38.5 Å². The fraction of sp³-hybridized carbons (Fsp3) is 0.462. The van der Waals surface area contributed by atoms with E-state index >= 15 is 0 Å². The molecular formula is C13H17FN2S. The number of nitrogens with one attached hydrogen (secondary N) is 1. The zero-order valence-corrected chi connectivity index (χ0v) is 11.1. The van der Waals surface area contributed by atoms with Gasteiger partial charge in [-0.3, -0.25) is 4.99 Å². The third-order valence-corrected chi connectivity index (χ3v) is 3.86. The molecule has 0 saturated heterocycles. The lowest BCUT2D eigenvalue weighted by molar-refractivity contribution is 0.619. The number of hydrogen-bond donors (Lipinski definition) is 1. The van der Waals surface area contributed by atoms with E-state index in [0.29, 0.717) is 16.9 Å². The second kappa shape index (κ2) is 5.08. The van der Waals surface area contributed by atoms with Crippen LogP contribution in [0.15, 0.2) is 23.2 Å². The Bertz CT molecular complexity index is 445. The molecule has 1 aliphatic heterocycles. The van der Waals surface area contributed by atoms with Gasteiger partial charge in [0.2, 0.25) is 0 Å². The lowest BCUT2D eigenvalue weighted by Gasteiger charge is -2.23. The monoisotopic (exact) mass is 252 g/mol. The van der Waals surface area contributed by atoms with Gasteiger partial charge in [0.15, 0.2) is 5.17 Å². The predicted molar refractivity (Wildman–Crippen MR) is 73.3 cm³/mol. The molecule has 1 aliphatic rings. The highest BCUT2D eigenvalue weighted by Gasteiger charge is 2.18. The van der Waals surface area contributed by atoms with E-state index in [1.165, 1.54) is 6.07 Å². The molecule has 0 spiro atoms. The summed E-state index contributed by atoms with van der Waals surface area (Å²) in [4.78, 5) is 4.54. The molecule has 2 atom stereocenters. The summed E-state index contributed by atoms with van der Waals surface area (Å²) >= 11 is 1.72.